The van der Waals surface area contributed by atoms with Gasteiger partial charge >= 0.3 is 6.03 Å². The predicted octanol–water partition coefficient (Wildman–Crippen LogP) is 2.34. The van der Waals surface area contributed by atoms with Gasteiger partial charge < -0.3 is 19.7 Å². The standard InChI is InChI=1S/C18H25N3O3/c22-18(20-13-5-8-23-9-6-13)21-14-3-4-15(21)11-17(10-14)24-16-2-1-7-19-12-16/h1-2,7,12-15,17H,3-6,8-11H2,(H,20,22). The number of aromatic nitrogens is 1. The highest BCUT2D eigenvalue weighted by Crippen LogP contribution is 2.37. The lowest BCUT2D eigenvalue weighted by molar-refractivity contribution is 0.0583. The number of urea groups is 1. The van der Waals surface area contributed by atoms with E-state index in [9.17, 15) is 4.79 Å². The molecule has 0 spiro atoms. The first-order valence-electron chi connectivity index (χ1n) is 9.03. The average Bonchev–Trinajstić information content (AvgIpc) is 2.88. The van der Waals surface area contributed by atoms with E-state index < -0.39 is 0 Å². The first kappa shape index (κ1) is 15.7. The number of nitrogens with zero attached hydrogens (tertiary/aromatic N) is 2. The summed E-state index contributed by atoms with van der Waals surface area (Å²) >= 11 is 0. The van der Waals surface area contributed by atoms with E-state index in [1.165, 1.54) is 0 Å². The molecule has 3 aliphatic rings. The molecule has 3 fully saturated rings. The molecule has 0 radical (unpaired) electrons. The van der Waals surface area contributed by atoms with Crippen LogP contribution in [0.2, 0.25) is 0 Å². The molecule has 2 atom stereocenters. The van der Waals surface area contributed by atoms with Crippen molar-refractivity contribution in [3.8, 4) is 5.75 Å². The minimum Gasteiger partial charge on any atom is -0.489 e. The molecule has 24 heavy (non-hydrogen) atoms. The Morgan fingerprint density at radius 2 is 1.96 bits per heavy atom. The third-order valence-electron chi connectivity index (χ3n) is 5.41. The monoisotopic (exact) mass is 331 g/mol. The van der Waals surface area contributed by atoms with Gasteiger partial charge in [0, 0.05) is 50.4 Å². The van der Waals surface area contributed by atoms with Gasteiger partial charge in [0.05, 0.1) is 6.20 Å². The van der Waals surface area contributed by atoms with Crippen molar-refractivity contribution in [3.63, 3.8) is 0 Å². The van der Waals surface area contributed by atoms with Crippen LogP contribution < -0.4 is 10.1 Å². The fraction of sp³-hybridized carbons (Fsp3) is 0.667. The number of fused-ring (bicyclic) bond motifs is 2. The van der Waals surface area contributed by atoms with Crippen molar-refractivity contribution in [2.24, 2.45) is 0 Å². The van der Waals surface area contributed by atoms with Gasteiger partial charge in [0.1, 0.15) is 11.9 Å². The number of carbonyl (C=O) groups excluding carboxylic acids is 1. The van der Waals surface area contributed by atoms with E-state index in [1.54, 1.807) is 12.4 Å². The molecule has 0 aromatic carbocycles. The molecule has 3 saturated heterocycles. The highest BCUT2D eigenvalue weighted by atomic mass is 16.5. The summed E-state index contributed by atoms with van der Waals surface area (Å²) < 4.78 is 11.4. The summed E-state index contributed by atoms with van der Waals surface area (Å²) in [5.74, 6) is 0.821. The largest absolute Gasteiger partial charge is 0.489 e. The van der Waals surface area contributed by atoms with Gasteiger partial charge in [-0.3, -0.25) is 4.98 Å². The maximum atomic E-state index is 12.7. The molecular formula is C18H25N3O3. The number of nitrogens with one attached hydrogen (secondary N) is 1. The zero-order valence-corrected chi connectivity index (χ0v) is 13.9. The second-order valence-corrected chi connectivity index (χ2v) is 7.03. The topological polar surface area (TPSA) is 63.7 Å². The maximum Gasteiger partial charge on any atom is 0.318 e. The van der Waals surface area contributed by atoms with Crippen LogP contribution in [0.4, 0.5) is 4.79 Å². The van der Waals surface area contributed by atoms with Crippen molar-refractivity contribution in [2.45, 2.75) is 62.8 Å². The molecule has 2 unspecified atom stereocenters. The van der Waals surface area contributed by atoms with E-state index in [2.05, 4.69) is 15.2 Å². The molecule has 6 heteroatoms. The Balaban J connectivity index is 1.35. The first-order valence-corrected chi connectivity index (χ1v) is 9.03. The third kappa shape index (κ3) is 3.34. The Kier molecular flexibility index (Phi) is 4.56. The van der Waals surface area contributed by atoms with Crippen LogP contribution in [0.25, 0.3) is 0 Å². The van der Waals surface area contributed by atoms with Crippen molar-refractivity contribution in [3.05, 3.63) is 24.5 Å². The van der Waals surface area contributed by atoms with Gasteiger partial charge in [-0.25, -0.2) is 4.79 Å². The van der Waals surface area contributed by atoms with Gasteiger partial charge in [-0.15, -0.1) is 0 Å². The highest BCUT2D eigenvalue weighted by molar-refractivity contribution is 5.75. The summed E-state index contributed by atoms with van der Waals surface area (Å²) in [6.07, 6.45) is 9.50. The molecule has 0 aliphatic carbocycles. The fourth-order valence-corrected chi connectivity index (χ4v) is 4.26. The van der Waals surface area contributed by atoms with Gasteiger partial charge in [-0.05, 0) is 37.8 Å². The van der Waals surface area contributed by atoms with Crippen molar-refractivity contribution < 1.29 is 14.3 Å². The van der Waals surface area contributed by atoms with Gasteiger partial charge in [0.2, 0.25) is 0 Å². The summed E-state index contributed by atoms with van der Waals surface area (Å²) in [4.78, 5) is 18.9. The van der Waals surface area contributed by atoms with Crippen LogP contribution in [-0.2, 0) is 4.74 Å². The van der Waals surface area contributed by atoms with E-state index in [0.717, 1.165) is 57.5 Å². The zero-order chi connectivity index (χ0) is 16.4. The summed E-state index contributed by atoms with van der Waals surface area (Å²) in [7, 11) is 0. The predicted molar refractivity (Wildman–Crippen MR) is 88.9 cm³/mol. The number of piperidine rings is 1. The van der Waals surface area contributed by atoms with Crippen LogP contribution in [0.5, 0.6) is 5.75 Å². The zero-order valence-electron chi connectivity index (χ0n) is 13.9. The van der Waals surface area contributed by atoms with Gasteiger partial charge in [0.15, 0.2) is 0 Å². The average molecular weight is 331 g/mol. The van der Waals surface area contributed by atoms with Crippen LogP contribution in [0.3, 0.4) is 0 Å². The van der Waals surface area contributed by atoms with E-state index in [-0.39, 0.29) is 18.2 Å². The van der Waals surface area contributed by atoms with Crippen molar-refractivity contribution in [1.29, 1.82) is 0 Å². The van der Waals surface area contributed by atoms with Gasteiger partial charge in [-0.2, -0.15) is 0 Å². The molecule has 1 aromatic heterocycles. The molecule has 3 aliphatic heterocycles. The maximum absolute atomic E-state index is 12.7. The van der Waals surface area contributed by atoms with Gasteiger partial charge in [0.25, 0.3) is 0 Å². The first-order chi connectivity index (χ1) is 11.8. The molecule has 2 bridgehead atoms. The second-order valence-electron chi connectivity index (χ2n) is 7.03. The van der Waals surface area contributed by atoms with Crippen LogP contribution in [-0.4, -0.2) is 53.4 Å². The molecular weight excluding hydrogens is 306 g/mol. The molecule has 130 valence electrons. The number of ether oxygens (including phenoxy) is 2. The normalized spacial score (nSPS) is 30.2. The van der Waals surface area contributed by atoms with Crippen molar-refractivity contribution >= 4 is 6.03 Å². The smallest absolute Gasteiger partial charge is 0.318 e. The number of pyridine rings is 1. The van der Waals surface area contributed by atoms with Crippen LogP contribution >= 0.6 is 0 Å². The minimum absolute atomic E-state index is 0.106. The van der Waals surface area contributed by atoms with Crippen molar-refractivity contribution in [2.75, 3.05) is 13.2 Å². The number of hydrogen-bond donors (Lipinski definition) is 1. The van der Waals surface area contributed by atoms with Crippen LogP contribution in [0.1, 0.15) is 38.5 Å². The Labute approximate surface area is 142 Å². The molecule has 6 nitrogen and oxygen atoms in total. The van der Waals surface area contributed by atoms with Crippen molar-refractivity contribution in [1.82, 2.24) is 15.2 Å². The fourth-order valence-electron chi connectivity index (χ4n) is 4.26. The number of hydrogen-bond acceptors (Lipinski definition) is 4. The van der Waals surface area contributed by atoms with E-state index in [4.69, 9.17) is 9.47 Å². The quantitative estimate of drug-likeness (QED) is 0.923. The lowest BCUT2D eigenvalue weighted by Gasteiger charge is -2.39. The number of carbonyl (C=O) groups is 1. The summed E-state index contributed by atoms with van der Waals surface area (Å²) in [5.41, 5.74) is 0. The molecule has 2 amide bonds. The summed E-state index contributed by atoms with van der Waals surface area (Å²) in [5, 5.41) is 3.21. The molecule has 4 rings (SSSR count). The lowest BCUT2D eigenvalue weighted by atomic mass is 10.00. The van der Waals surface area contributed by atoms with Crippen LogP contribution in [0, 0.1) is 0 Å². The lowest BCUT2D eigenvalue weighted by Crippen LogP contribution is -2.55. The second kappa shape index (κ2) is 6.97. The van der Waals surface area contributed by atoms with Gasteiger partial charge in [-0.1, -0.05) is 0 Å². The Bertz CT molecular complexity index is 548. The van der Waals surface area contributed by atoms with E-state index in [0.29, 0.717) is 12.1 Å². The van der Waals surface area contributed by atoms with E-state index in [1.807, 2.05) is 12.1 Å². The number of amides is 2. The summed E-state index contributed by atoms with van der Waals surface area (Å²) in [6.45, 7) is 1.50. The molecule has 1 N–H and O–H groups in total. The summed E-state index contributed by atoms with van der Waals surface area (Å²) in [6, 6.07) is 4.79. The Morgan fingerprint density at radius 1 is 1.21 bits per heavy atom. The Morgan fingerprint density at radius 3 is 2.62 bits per heavy atom. The van der Waals surface area contributed by atoms with Crippen LogP contribution in [0.15, 0.2) is 24.5 Å². The minimum atomic E-state index is 0.106. The van der Waals surface area contributed by atoms with E-state index >= 15 is 0 Å². The highest BCUT2D eigenvalue weighted by Gasteiger charge is 2.44. The molecule has 0 saturated carbocycles. The SMILES string of the molecule is O=C(NC1CCOCC1)N1C2CCC1CC(Oc1cccnc1)C2. The molecule has 1 aromatic rings. The third-order valence-corrected chi connectivity index (χ3v) is 5.41. The molecule has 4 heterocycles. The number of rotatable bonds is 3. The Hall–Kier alpha value is -1.82.